The number of methoxy groups -OCH3 is 1. The van der Waals surface area contributed by atoms with Gasteiger partial charge in [0.1, 0.15) is 5.75 Å². The van der Waals surface area contributed by atoms with Gasteiger partial charge in [0.25, 0.3) is 0 Å². The number of ether oxygens (including phenoxy) is 1. The van der Waals surface area contributed by atoms with E-state index in [9.17, 15) is 4.79 Å². The minimum atomic E-state index is -0.0151. The lowest BCUT2D eigenvalue weighted by molar-refractivity contribution is -0.127. The summed E-state index contributed by atoms with van der Waals surface area (Å²) in [6.45, 7) is 2.04. The monoisotopic (exact) mass is 576 g/mol. The largest absolute Gasteiger partial charge is 0.497 e. The molecule has 0 unspecified atom stereocenters. The van der Waals surface area contributed by atoms with Crippen molar-refractivity contribution in [1.82, 2.24) is 25.3 Å². The number of nitrogens with one attached hydrogen (secondary N) is 2. The summed E-state index contributed by atoms with van der Waals surface area (Å²) in [5.74, 6) is 1.43. The lowest BCUT2D eigenvalue weighted by Gasteiger charge is -2.15. The molecule has 1 amide bonds. The molecular weight excluding hydrogens is 543 g/mol. The molecule has 8 nitrogen and oxygen atoms in total. The van der Waals surface area contributed by atoms with Crippen LogP contribution in [0.1, 0.15) is 16.7 Å². The maximum absolute atomic E-state index is 12.1. The van der Waals surface area contributed by atoms with Gasteiger partial charge in [-0.1, -0.05) is 36.4 Å². The fourth-order valence-corrected chi connectivity index (χ4v) is 3.21. The number of aliphatic imine (C=N–C) groups is 1. The first-order chi connectivity index (χ1) is 16.0. The number of halogens is 1. The van der Waals surface area contributed by atoms with Gasteiger partial charge in [0.05, 0.1) is 26.7 Å². The molecule has 1 aromatic heterocycles. The van der Waals surface area contributed by atoms with Crippen molar-refractivity contribution >= 4 is 35.8 Å². The van der Waals surface area contributed by atoms with Crippen LogP contribution in [0.2, 0.25) is 0 Å². The number of rotatable bonds is 10. The average molecular weight is 576 g/mol. The second kappa shape index (κ2) is 14.2. The Morgan fingerprint density at radius 3 is 2.44 bits per heavy atom. The molecule has 0 fully saturated rings. The molecule has 0 atom stereocenters. The zero-order valence-electron chi connectivity index (χ0n) is 19.9. The Hall–Kier alpha value is -3.08. The van der Waals surface area contributed by atoms with Gasteiger partial charge in [-0.15, -0.1) is 24.0 Å². The third kappa shape index (κ3) is 8.69. The maximum Gasteiger partial charge on any atom is 0.241 e. The summed E-state index contributed by atoms with van der Waals surface area (Å²) in [6, 6.07) is 18.1. The minimum Gasteiger partial charge on any atom is -0.497 e. The van der Waals surface area contributed by atoms with E-state index in [2.05, 4.69) is 27.9 Å². The van der Waals surface area contributed by atoms with Crippen LogP contribution in [0, 0.1) is 0 Å². The van der Waals surface area contributed by atoms with E-state index in [0.29, 0.717) is 25.6 Å². The second-order valence-corrected chi connectivity index (χ2v) is 7.80. The third-order valence-corrected chi connectivity index (χ3v) is 5.19. The Bertz CT molecular complexity index is 1040. The predicted octanol–water partition coefficient (Wildman–Crippen LogP) is 2.92. The molecule has 0 aliphatic carbocycles. The molecule has 34 heavy (non-hydrogen) atoms. The molecule has 9 heteroatoms. The van der Waals surface area contributed by atoms with E-state index in [-0.39, 0.29) is 36.4 Å². The number of hydrogen-bond acceptors (Lipinski definition) is 4. The molecule has 2 N–H and O–H groups in total. The van der Waals surface area contributed by atoms with Crippen molar-refractivity contribution in [3.05, 3.63) is 83.7 Å². The average Bonchev–Trinajstić information content (AvgIpc) is 3.34. The van der Waals surface area contributed by atoms with E-state index < -0.39 is 0 Å². The van der Waals surface area contributed by atoms with Crippen molar-refractivity contribution in [1.29, 1.82) is 0 Å². The molecule has 0 aliphatic heterocycles. The summed E-state index contributed by atoms with van der Waals surface area (Å²) < 4.78 is 7.11. The third-order valence-electron chi connectivity index (χ3n) is 5.19. The van der Waals surface area contributed by atoms with Crippen LogP contribution in [0.15, 0.2) is 72.0 Å². The van der Waals surface area contributed by atoms with Gasteiger partial charge < -0.3 is 20.3 Å². The normalized spacial score (nSPS) is 10.9. The minimum absolute atomic E-state index is 0. The van der Waals surface area contributed by atoms with E-state index in [1.54, 1.807) is 32.3 Å². The first kappa shape index (κ1) is 27.2. The number of carbonyl (C=O) groups excluding carboxylic acids is 1. The summed E-state index contributed by atoms with van der Waals surface area (Å²) >= 11 is 0. The van der Waals surface area contributed by atoms with Crippen LogP contribution in [0.4, 0.5) is 0 Å². The second-order valence-electron chi connectivity index (χ2n) is 7.80. The standard InChI is InChI=1S/C25H32N6O2.HI/c1-30(2)24(32)18-28-25(26-15-13-20-9-11-23(33-3)12-10-20)27-17-21-7-4-5-8-22(21)19-31-16-6-14-29-31;/h4-12,14,16H,13,15,17-19H2,1-3H3,(H2,26,27,28);1H. The predicted molar refractivity (Wildman–Crippen MR) is 146 cm³/mol. The molecule has 3 rings (SSSR count). The molecule has 3 aromatic rings. The van der Waals surface area contributed by atoms with Crippen LogP contribution in [-0.4, -0.2) is 60.8 Å². The molecule has 2 aromatic carbocycles. The van der Waals surface area contributed by atoms with E-state index >= 15 is 0 Å². The Morgan fingerprint density at radius 2 is 1.79 bits per heavy atom. The van der Waals surface area contributed by atoms with Crippen LogP contribution in [0.25, 0.3) is 0 Å². The highest BCUT2D eigenvalue weighted by Crippen LogP contribution is 2.12. The number of carbonyl (C=O) groups is 1. The number of amides is 1. The van der Waals surface area contributed by atoms with Gasteiger partial charge in [0, 0.05) is 33.0 Å². The van der Waals surface area contributed by atoms with Gasteiger partial charge in [-0.3, -0.25) is 9.48 Å². The van der Waals surface area contributed by atoms with Crippen molar-refractivity contribution in [2.45, 2.75) is 19.5 Å². The summed E-state index contributed by atoms with van der Waals surface area (Å²) in [6.07, 6.45) is 4.54. The van der Waals surface area contributed by atoms with E-state index in [4.69, 9.17) is 9.73 Å². The number of aromatic nitrogens is 2. The van der Waals surface area contributed by atoms with Gasteiger partial charge in [0.2, 0.25) is 5.91 Å². The molecule has 0 spiro atoms. The van der Waals surface area contributed by atoms with E-state index in [0.717, 1.165) is 23.3 Å². The molecular formula is C25H33IN6O2. The first-order valence-electron chi connectivity index (χ1n) is 10.9. The van der Waals surface area contributed by atoms with Crippen molar-refractivity contribution in [2.24, 2.45) is 4.99 Å². The van der Waals surface area contributed by atoms with Crippen molar-refractivity contribution < 1.29 is 9.53 Å². The summed E-state index contributed by atoms with van der Waals surface area (Å²) in [4.78, 5) is 18.4. The van der Waals surface area contributed by atoms with Crippen molar-refractivity contribution in [2.75, 3.05) is 34.3 Å². The maximum atomic E-state index is 12.1. The highest BCUT2D eigenvalue weighted by Gasteiger charge is 2.08. The lowest BCUT2D eigenvalue weighted by Crippen LogP contribution is -2.43. The Balaban J connectivity index is 0.00000408. The fourth-order valence-electron chi connectivity index (χ4n) is 3.21. The van der Waals surface area contributed by atoms with Crippen molar-refractivity contribution in [3.63, 3.8) is 0 Å². The lowest BCUT2D eigenvalue weighted by atomic mass is 10.1. The molecule has 0 radical (unpaired) electrons. The van der Waals surface area contributed by atoms with Crippen LogP contribution < -0.4 is 15.4 Å². The highest BCUT2D eigenvalue weighted by molar-refractivity contribution is 14.0. The van der Waals surface area contributed by atoms with E-state index in [1.165, 1.54) is 5.56 Å². The molecule has 1 heterocycles. The number of likely N-dealkylation sites (N-methyl/N-ethyl adjacent to an activating group) is 1. The zero-order valence-corrected chi connectivity index (χ0v) is 22.2. The number of nitrogens with zero attached hydrogens (tertiary/aromatic N) is 4. The number of guanidine groups is 1. The topological polar surface area (TPSA) is 83.8 Å². The Kier molecular flexibility index (Phi) is 11.4. The Labute approximate surface area is 218 Å². The first-order valence-corrected chi connectivity index (χ1v) is 10.9. The smallest absolute Gasteiger partial charge is 0.241 e. The molecule has 0 saturated heterocycles. The number of hydrogen-bond donors (Lipinski definition) is 2. The summed E-state index contributed by atoms with van der Waals surface area (Å²) in [5, 5.41) is 10.8. The Morgan fingerprint density at radius 1 is 1.06 bits per heavy atom. The fraction of sp³-hybridized carbons (Fsp3) is 0.320. The van der Waals surface area contributed by atoms with Gasteiger partial charge >= 0.3 is 0 Å². The van der Waals surface area contributed by atoms with Crippen LogP contribution in [0.3, 0.4) is 0 Å². The summed E-state index contributed by atoms with van der Waals surface area (Å²) in [7, 11) is 5.14. The van der Waals surface area contributed by atoms with Crippen LogP contribution >= 0.6 is 24.0 Å². The van der Waals surface area contributed by atoms with Gasteiger partial charge in [-0.2, -0.15) is 5.10 Å². The zero-order chi connectivity index (χ0) is 23.5. The van der Waals surface area contributed by atoms with Crippen LogP contribution in [-0.2, 0) is 24.3 Å². The van der Waals surface area contributed by atoms with Gasteiger partial charge in [-0.25, -0.2) is 4.99 Å². The molecule has 0 saturated carbocycles. The van der Waals surface area contributed by atoms with Gasteiger partial charge in [-0.05, 0) is 41.3 Å². The van der Waals surface area contributed by atoms with E-state index in [1.807, 2.05) is 53.3 Å². The molecule has 0 aliphatic rings. The molecule has 182 valence electrons. The van der Waals surface area contributed by atoms with Crippen molar-refractivity contribution in [3.8, 4) is 5.75 Å². The SMILES string of the molecule is COc1ccc(CCNC(=NCc2ccccc2Cn2cccn2)NCC(=O)N(C)C)cc1.I. The molecule has 0 bridgehead atoms. The highest BCUT2D eigenvalue weighted by atomic mass is 127. The summed E-state index contributed by atoms with van der Waals surface area (Å²) in [5.41, 5.74) is 3.46. The van der Waals surface area contributed by atoms with Crippen LogP contribution in [0.5, 0.6) is 5.75 Å². The van der Waals surface area contributed by atoms with Gasteiger partial charge in [0.15, 0.2) is 5.96 Å². The number of benzene rings is 2. The quantitative estimate of drug-likeness (QED) is 0.221.